The van der Waals surface area contributed by atoms with E-state index in [1.54, 1.807) is 29.4 Å². The monoisotopic (exact) mass is 404 g/mol. The molecule has 1 aliphatic rings. The number of fused-ring (bicyclic) bond motifs is 1. The first-order chi connectivity index (χ1) is 11.2. The summed E-state index contributed by atoms with van der Waals surface area (Å²) in [6.07, 6.45) is 5.88. The van der Waals surface area contributed by atoms with E-state index in [2.05, 4.69) is 80.1 Å². The fourth-order valence-electron chi connectivity index (χ4n) is 2.57. The fraction of sp³-hybridized carbons (Fsp3) is 0.125. The number of hydrogen-bond donors (Lipinski definition) is 1. The number of nitrogens with one attached hydrogen (secondary N) is 1. The molecule has 7 heteroatoms. The molecule has 3 heterocycles. The van der Waals surface area contributed by atoms with E-state index in [4.69, 9.17) is 0 Å². The molecule has 2 aromatic heterocycles. The van der Waals surface area contributed by atoms with Gasteiger partial charge in [-0.1, -0.05) is 12.1 Å². The average Bonchev–Trinajstić information content (AvgIpc) is 3.22. The minimum Gasteiger partial charge on any atom is -0.323 e. The second kappa shape index (κ2) is 6.14. The summed E-state index contributed by atoms with van der Waals surface area (Å²) < 4.78 is 3.03. The smallest absolute Gasteiger partial charge is 0.226 e. The fourth-order valence-corrected chi connectivity index (χ4v) is 4.35. The molecule has 3 aromatic rings. The molecule has 0 saturated carbocycles. The molecule has 23 heavy (non-hydrogen) atoms. The van der Waals surface area contributed by atoms with Gasteiger partial charge in [0.2, 0.25) is 5.95 Å². The molecule has 0 fully saturated rings. The van der Waals surface area contributed by atoms with Gasteiger partial charge in [-0.3, -0.25) is 0 Å². The van der Waals surface area contributed by atoms with Crippen molar-refractivity contribution in [3.05, 3.63) is 63.0 Å². The molecule has 0 amide bonds. The summed E-state index contributed by atoms with van der Waals surface area (Å²) in [5.74, 6) is 0.769. The highest BCUT2D eigenvalue weighted by molar-refractivity contribution is 9.11. The lowest BCUT2D eigenvalue weighted by molar-refractivity contribution is 0.611. The van der Waals surface area contributed by atoms with Gasteiger partial charge in [0.15, 0.2) is 0 Å². The van der Waals surface area contributed by atoms with Crippen LogP contribution in [0.15, 0.2) is 57.5 Å². The van der Waals surface area contributed by atoms with Crippen LogP contribution in [0.4, 0.5) is 5.95 Å². The molecule has 1 N–H and O–H groups in total. The van der Waals surface area contributed by atoms with Gasteiger partial charge in [-0.2, -0.15) is 10.1 Å². The first-order valence-electron chi connectivity index (χ1n) is 7.02. The molecule has 1 aliphatic heterocycles. The molecule has 0 radical (unpaired) electrons. The topological polar surface area (TPSA) is 42.7 Å². The second-order valence-electron chi connectivity index (χ2n) is 5.06. The van der Waals surface area contributed by atoms with Gasteiger partial charge in [0.25, 0.3) is 0 Å². The highest BCUT2D eigenvalue weighted by atomic mass is 79.9. The summed E-state index contributed by atoms with van der Waals surface area (Å²) in [5.41, 5.74) is 2.27. The Kier molecular flexibility index (Phi) is 4.00. The third-order valence-electron chi connectivity index (χ3n) is 3.70. The molecule has 4 rings (SSSR count). The van der Waals surface area contributed by atoms with Crippen LogP contribution < -0.4 is 5.32 Å². The van der Waals surface area contributed by atoms with Gasteiger partial charge in [0.05, 0.1) is 14.4 Å². The van der Waals surface area contributed by atoms with E-state index in [0.717, 1.165) is 15.4 Å². The van der Waals surface area contributed by atoms with Crippen molar-refractivity contribution in [2.75, 3.05) is 11.6 Å². The number of thioether (sulfide) groups is 1. The van der Waals surface area contributed by atoms with Crippen LogP contribution in [0.1, 0.15) is 16.5 Å². The summed E-state index contributed by atoms with van der Waals surface area (Å²) in [6.45, 7) is 0. The molecule has 0 unspecified atom stereocenters. The van der Waals surface area contributed by atoms with Gasteiger partial charge in [0, 0.05) is 4.90 Å². The zero-order valence-corrected chi connectivity index (χ0v) is 15.5. The molecule has 116 valence electrons. The summed E-state index contributed by atoms with van der Waals surface area (Å²) >= 11 is 6.97. The van der Waals surface area contributed by atoms with E-state index in [1.165, 1.54) is 15.3 Å². The summed E-state index contributed by atoms with van der Waals surface area (Å²) in [5, 5.41) is 7.74. The van der Waals surface area contributed by atoms with E-state index < -0.39 is 0 Å². The molecule has 0 spiro atoms. The van der Waals surface area contributed by atoms with Gasteiger partial charge >= 0.3 is 0 Å². The predicted molar refractivity (Wildman–Crippen MR) is 100 cm³/mol. The van der Waals surface area contributed by atoms with Crippen LogP contribution >= 0.6 is 39.0 Å². The first-order valence-corrected chi connectivity index (χ1v) is 9.86. The van der Waals surface area contributed by atoms with Crippen LogP contribution in [0, 0.1) is 0 Å². The Balaban J connectivity index is 1.78. The summed E-state index contributed by atoms with van der Waals surface area (Å²) in [6, 6.07) is 12.8. The number of allylic oxidation sites excluding steroid dienone is 1. The minimum atomic E-state index is 0.0422. The van der Waals surface area contributed by atoms with Gasteiger partial charge in [0.1, 0.15) is 12.4 Å². The highest BCUT2D eigenvalue weighted by Gasteiger charge is 2.23. The number of thiophene rings is 1. The van der Waals surface area contributed by atoms with Crippen molar-refractivity contribution in [3.8, 4) is 0 Å². The van der Waals surface area contributed by atoms with Crippen molar-refractivity contribution in [1.29, 1.82) is 0 Å². The molecular weight excluding hydrogens is 392 g/mol. The van der Waals surface area contributed by atoms with Crippen LogP contribution in [0.3, 0.4) is 0 Å². The minimum absolute atomic E-state index is 0.0422. The maximum atomic E-state index is 4.38. The molecule has 0 saturated heterocycles. The molecule has 0 bridgehead atoms. The van der Waals surface area contributed by atoms with Crippen molar-refractivity contribution < 1.29 is 0 Å². The number of aromatic nitrogens is 3. The van der Waals surface area contributed by atoms with E-state index in [9.17, 15) is 0 Å². The Labute approximate surface area is 150 Å². The number of rotatable bonds is 3. The van der Waals surface area contributed by atoms with Crippen LogP contribution in [-0.2, 0) is 0 Å². The Bertz CT molecular complexity index is 866. The summed E-state index contributed by atoms with van der Waals surface area (Å²) in [7, 11) is 0. The number of hydrogen-bond acceptors (Lipinski definition) is 5. The third-order valence-corrected chi connectivity index (χ3v) is 6.10. The number of halogens is 1. The van der Waals surface area contributed by atoms with Crippen molar-refractivity contribution in [2.45, 2.75) is 10.9 Å². The van der Waals surface area contributed by atoms with Crippen LogP contribution in [0.5, 0.6) is 0 Å². The van der Waals surface area contributed by atoms with Gasteiger partial charge in [-0.05, 0) is 58.1 Å². The number of nitrogens with zero attached hydrogens (tertiary/aromatic N) is 3. The molecule has 1 atom stereocenters. The van der Waals surface area contributed by atoms with Crippen molar-refractivity contribution >= 4 is 50.7 Å². The SMILES string of the molecule is CSc1ccc([C@H]2C=C(c3ccc(Br)s3)Nc3ncnn32)cc1. The lowest BCUT2D eigenvalue weighted by Crippen LogP contribution is -2.19. The third kappa shape index (κ3) is 2.84. The van der Waals surface area contributed by atoms with Crippen LogP contribution in [-0.4, -0.2) is 21.0 Å². The zero-order valence-electron chi connectivity index (χ0n) is 12.2. The number of anilines is 1. The van der Waals surface area contributed by atoms with Gasteiger partial charge in [-0.25, -0.2) is 4.68 Å². The van der Waals surface area contributed by atoms with Crippen molar-refractivity contribution in [2.24, 2.45) is 0 Å². The largest absolute Gasteiger partial charge is 0.323 e. The molecule has 0 aliphatic carbocycles. The Hall–Kier alpha value is -1.57. The molecule has 1 aromatic carbocycles. The Morgan fingerprint density at radius 2 is 2.04 bits per heavy atom. The van der Waals surface area contributed by atoms with Crippen molar-refractivity contribution in [1.82, 2.24) is 14.8 Å². The standard InChI is InChI=1S/C16H13BrN4S2/c1-22-11-4-2-10(3-5-11)13-8-12(14-6-7-15(17)23-14)20-16-18-9-19-21(13)16/h2-9,13H,1H3,(H,18,19,20)/t13-/m1/s1. The first kappa shape index (κ1) is 15.0. The van der Waals surface area contributed by atoms with Gasteiger partial charge < -0.3 is 5.32 Å². The normalized spacial score (nSPS) is 16.6. The Morgan fingerprint density at radius 1 is 1.22 bits per heavy atom. The maximum Gasteiger partial charge on any atom is 0.226 e. The predicted octanol–water partition coefficient (Wildman–Crippen LogP) is 4.88. The lowest BCUT2D eigenvalue weighted by Gasteiger charge is -2.23. The lowest BCUT2D eigenvalue weighted by atomic mass is 10.0. The molecule has 4 nitrogen and oxygen atoms in total. The molecular formula is C16H13BrN4S2. The highest BCUT2D eigenvalue weighted by Crippen LogP contribution is 2.35. The van der Waals surface area contributed by atoms with Crippen LogP contribution in [0.25, 0.3) is 5.70 Å². The zero-order chi connectivity index (χ0) is 15.8. The quantitative estimate of drug-likeness (QED) is 0.631. The second-order valence-corrected chi connectivity index (χ2v) is 8.40. The average molecular weight is 405 g/mol. The number of benzene rings is 1. The van der Waals surface area contributed by atoms with E-state index in [0.29, 0.717) is 0 Å². The van der Waals surface area contributed by atoms with E-state index in [-0.39, 0.29) is 6.04 Å². The Morgan fingerprint density at radius 3 is 2.74 bits per heavy atom. The van der Waals surface area contributed by atoms with E-state index in [1.807, 2.05) is 4.68 Å². The van der Waals surface area contributed by atoms with Crippen LogP contribution in [0.2, 0.25) is 0 Å². The van der Waals surface area contributed by atoms with Gasteiger partial charge in [-0.15, -0.1) is 23.1 Å². The van der Waals surface area contributed by atoms with E-state index >= 15 is 0 Å². The maximum absolute atomic E-state index is 4.38. The summed E-state index contributed by atoms with van der Waals surface area (Å²) in [4.78, 5) is 6.77. The van der Waals surface area contributed by atoms with Crippen molar-refractivity contribution in [3.63, 3.8) is 0 Å².